The highest BCUT2D eigenvalue weighted by Gasteiger charge is 2.06. The van der Waals surface area contributed by atoms with E-state index in [1.54, 1.807) is 30.5 Å². The molecule has 0 aliphatic heterocycles. The van der Waals surface area contributed by atoms with Crippen LogP contribution in [-0.2, 0) is 6.42 Å². The fourth-order valence-corrected chi connectivity index (χ4v) is 2.76. The van der Waals surface area contributed by atoms with Crippen LogP contribution in [0.2, 0.25) is 10.0 Å². The van der Waals surface area contributed by atoms with Gasteiger partial charge in [-0.25, -0.2) is 4.98 Å². The molecule has 3 aromatic rings. The lowest BCUT2D eigenvalue weighted by Crippen LogP contribution is -2.05. The molecule has 142 valence electrons. The minimum atomic E-state index is 0.198. The number of aromatic nitrogens is 3. The Labute approximate surface area is 176 Å². The lowest BCUT2D eigenvalue weighted by Gasteiger charge is -2.07. The Morgan fingerprint density at radius 1 is 1.07 bits per heavy atom. The molecule has 27 heavy (non-hydrogen) atoms. The van der Waals surface area contributed by atoms with Gasteiger partial charge in [0.1, 0.15) is 11.4 Å². The van der Waals surface area contributed by atoms with Gasteiger partial charge in [0, 0.05) is 22.0 Å². The first kappa shape index (κ1) is 21.4. The molecule has 0 radical (unpaired) electrons. The van der Waals surface area contributed by atoms with Gasteiger partial charge in [-0.15, -0.1) is 5.10 Å². The summed E-state index contributed by atoms with van der Waals surface area (Å²) in [5, 5.41) is 18.9. The number of hydrogen-bond acceptors (Lipinski definition) is 5. The minimum absolute atomic E-state index is 0.198. The summed E-state index contributed by atoms with van der Waals surface area (Å²) in [7, 11) is 0. The zero-order valence-electron chi connectivity index (χ0n) is 14.8. The summed E-state index contributed by atoms with van der Waals surface area (Å²) in [6.45, 7) is 2.19. The molecule has 2 aromatic carbocycles. The third-order valence-corrected chi connectivity index (χ3v) is 4.24. The van der Waals surface area contributed by atoms with Crippen LogP contribution in [0, 0.1) is 6.92 Å². The highest BCUT2D eigenvalue weighted by molar-refractivity contribution is 9.08. The largest absolute Gasteiger partial charge is 0.508 e. The van der Waals surface area contributed by atoms with Crippen molar-refractivity contribution in [1.29, 1.82) is 0 Å². The SMILES string of the molecule is CBr.Cc1cc(-c2cnc(OCCc3ccc(Cl)cc3Cl)nn2)ccc1O. The highest BCUT2D eigenvalue weighted by atomic mass is 79.9. The van der Waals surface area contributed by atoms with Gasteiger partial charge in [-0.05, 0) is 54.2 Å². The van der Waals surface area contributed by atoms with E-state index in [1.807, 2.05) is 24.9 Å². The summed E-state index contributed by atoms with van der Waals surface area (Å²) < 4.78 is 5.51. The van der Waals surface area contributed by atoms with Gasteiger partial charge >= 0.3 is 6.01 Å². The third kappa shape index (κ3) is 6.06. The number of rotatable bonds is 5. The molecule has 1 N–H and O–H groups in total. The second kappa shape index (κ2) is 10.4. The summed E-state index contributed by atoms with van der Waals surface area (Å²) in [6.07, 6.45) is 2.20. The highest BCUT2D eigenvalue weighted by Crippen LogP contribution is 2.24. The number of aromatic hydroxyl groups is 1. The van der Waals surface area contributed by atoms with Crippen molar-refractivity contribution in [1.82, 2.24) is 15.2 Å². The number of alkyl halides is 1. The van der Waals surface area contributed by atoms with Gasteiger partial charge < -0.3 is 9.84 Å². The molecular weight excluding hydrogens is 453 g/mol. The van der Waals surface area contributed by atoms with E-state index >= 15 is 0 Å². The molecule has 0 amide bonds. The van der Waals surface area contributed by atoms with Crippen LogP contribution >= 0.6 is 39.1 Å². The number of hydrogen-bond donors (Lipinski definition) is 1. The molecule has 3 rings (SSSR count). The first-order chi connectivity index (χ1) is 13.0. The predicted molar refractivity (Wildman–Crippen MR) is 112 cm³/mol. The Balaban J connectivity index is 0.00000126. The fraction of sp³-hybridized carbons (Fsp3) is 0.211. The first-order valence-corrected chi connectivity index (χ1v) is 10.3. The number of nitrogens with zero attached hydrogens (tertiary/aromatic N) is 3. The van der Waals surface area contributed by atoms with Gasteiger partial charge in [0.2, 0.25) is 0 Å². The maximum Gasteiger partial charge on any atom is 0.335 e. The molecule has 0 bridgehead atoms. The Morgan fingerprint density at radius 2 is 1.85 bits per heavy atom. The predicted octanol–water partition coefficient (Wildman–Crippen LogP) is 5.49. The molecule has 0 fully saturated rings. The van der Waals surface area contributed by atoms with E-state index < -0.39 is 0 Å². The Bertz CT molecular complexity index is 893. The molecule has 0 saturated heterocycles. The van der Waals surface area contributed by atoms with Crippen molar-refractivity contribution in [2.45, 2.75) is 13.3 Å². The lowest BCUT2D eigenvalue weighted by molar-refractivity contribution is 0.292. The van der Waals surface area contributed by atoms with E-state index in [0.717, 1.165) is 16.7 Å². The molecule has 0 unspecified atom stereocenters. The zero-order valence-corrected chi connectivity index (χ0v) is 17.9. The van der Waals surface area contributed by atoms with Gasteiger partial charge in [0.05, 0.1) is 12.8 Å². The number of phenols is 1. The van der Waals surface area contributed by atoms with Crippen molar-refractivity contribution < 1.29 is 9.84 Å². The van der Waals surface area contributed by atoms with Gasteiger partial charge in [-0.1, -0.05) is 50.3 Å². The summed E-state index contributed by atoms with van der Waals surface area (Å²) in [5.74, 6) is 2.05. The Kier molecular flexibility index (Phi) is 8.28. The van der Waals surface area contributed by atoms with Gasteiger partial charge in [0.25, 0.3) is 0 Å². The monoisotopic (exact) mass is 469 g/mol. The van der Waals surface area contributed by atoms with Crippen molar-refractivity contribution in [3.63, 3.8) is 0 Å². The smallest absolute Gasteiger partial charge is 0.335 e. The Hall–Kier alpha value is -1.89. The molecule has 8 heteroatoms. The average Bonchev–Trinajstić information content (AvgIpc) is 2.68. The zero-order chi connectivity index (χ0) is 19.8. The molecule has 5 nitrogen and oxygen atoms in total. The van der Waals surface area contributed by atoms with Crippen LogP contribution in [0.1, 0.15) is 11.1 Å². The topological polar surface area (TPSA) is 68.1 Å². The van der Waals surface area contributed by atoms with Crippen LogP contribution in [0.4, 0.5) is 0 Å². The number of benzene rings is 2. The summed E-state index contributed by atoms with van der Waals surface area (Å²) in [4.78, 5) is 4.16. The van der Waals surface area contributed by atoms with Crippen LogP contribution in [0.3, 0.4) is 0 Å². The third-order valence-electron chi connectivity index (χ3n) is 3.65. The van der Waals surface area contributed by atoms with Crippen molar-refractivity contribution >= 4 is 39.1 Å². The minimum Gasteiger partial charge on any atom is -0.508 e. The number of aryl methyl sites for hydroxylation is 1. The normalized spacial score (nSPS) is 10.1. The Morgan fingerprint density at radius 3 is 2.48 bits per heavy atom. The van der Waals surface area contributed by atoms with Crippen molar-refractivity contribution in [3.8, 4) is 23.0 Å². The maximum absolute atomic E-state index is 9.57. The maximum atomic E-state index is 9.57. The van der Waals surface area contributed by atoms with E-state index in [2.05, 4.69) is 31.1 Å². The second-order valence-corrected chi connectivity index (χ2v) is 6.31. The van der Waals surface area contributed by atoms with Gasteiger partial charge in [0.15, 0.2) is 0 Å². The number of ether oxygens (including phenoxy) is 1. The van der Waals surface area contributed by atoms with Crippen LogP contribution in [0.25, 0.3) is 11.3 Å². The van der Waals surface area contributed by atoms with Gasteiger partial charge in [-0.2, -0.15) is 0 Å². The van der Waals surface area contributed by atoms with Crippen molar-refractivity contribution in [3.05, 3.63) is 63.8 Å². The molecule has 0 atom stereocenters. The van der Waals surface area contributed by atoms with E-state index in [1.165, 1.54) is 0 Å². The standard InChI is InChI=1S/C18H15Cl2N3O2.CH3Br/c1-11-8-13(3-5-17(11)24)16-10-21-18(23-22-16)25-7-6-12-2-4-14(19)9-15(12)20;1-2/h2-5,8-10,24H,6-7H2,1H3;1H3. The van der Waals surface area contributed by atoms with Crippen LogP contribution < -0.4 is 4.74 Å². The average molecular weight is 471 g/mol. The second-order valence-electron chi connectivity index (χ2n) is 5.46. The van der Waals surface area contributed by atoms with Crippen LogP contribution in [0.5, 0.6) is 11.8 Å². The summed E-state index contributed by atoms with van der Waals surface area (Å²) in [5.41, 5.74) is 3.14. The number of halogens is 3. The van der Waals surface area contributed by atoms with Crippen molar-refractivity contribution in [2.24, 2.45) is 0 Å². The molecule has 0 aliphatic rings. The van der Waals surface area contributed by atoms with Gasteiger partial charge in [-0.3, -0.25) is 0 Å². The van der Waals surface area contributed by atoms with E-state index in [9.17, 15) is 5.11 Å². The molecular formula is C19H18BrCl2N3O2. The molecule has 1 aromatic heterocycles. The van der Waals surface area contributed by atoms with E-state index in [4.69, 9.17) is 27.9 Å². The van der Waals surface area contributed by atoms with Crippen molar-refractivity contribution in [2.75, 3.05) is 12.4 Å². The lowest BCUT2D eigenvalue weighted by atomic mass is 10.1. The molecule has 0 spiro atoms. The molecule has 1 heterocycles. The first-order valence-electron chi connectivity index (χ1n) is 7.97. The van der Waals surface area contributed by atoms with E-state index in [-0.39, 0.29) is 11.8 Å². The molecule has 0 aliphatic carbocycles. The quantitative estimate of drug-likeness (QED) is 0.499. The fourth-order valence-electron chi connectivity index (χ4n) is 2.25. The van der Waals surface area contributed by atoms with Crippen LogP contribution in [0.15, 0.2) is 42.6 Å². The van der Waals surface area contributed by atoms with Crippen LogP contribution in [-0.4, -0.2) is 32.7 Å². The summed E-state index contributed by atoms with van der Waals surface area (Å²) >= 11 is 14.9. The van der Waals surface area contributed by atoms with E-state index in [0.29, 0.717) is 28.8 Å². The summed E-state index contributed by atoms with van der Waals surface area (Å²) in [6, 6.07) is 10.8. The number of phenolic OH excluding ortho intramolecular Hbond substituents is 1. The molecule has 0 saturated carbocycles.